The first-order valence-electron chi connectivity index (χ1n) is 7.09. The first-order chi connectivity index (χ1) is 10.8. The quantitative estimate of drug-likeness (QED) is 0.741. The molecule has 0 bridgehead atoms. The van der Waals surface area contributed by atoms with Gasteiger partial charge in [-0.15, -0.1) is 0 Å². The summed E-state index contributed by atoms with van der Waals surface area (Å²) in [6.45, 7) is 5.41. The van der Waals surface area contributed by atoms with E-state index in [1.165, 1.54) is 6.07 Å². The van der Waals surface area contributed by atoms with Gasteiger partial charge in [0.05, 0.1) is 4.60 Å². The van der Waals surface area contributed by atoms with Crippen LogP contribution in [-0.4, -0.2) is 22.2 Å². The number of carbonyl (C=O) groups is 2. The zero-order valence-electron chi connectivity index (χ0n) is 13.2. The minimum absolute atomic E-state index is 0.113. The molecule has 0 saturated carbocycles. The Morgan fingerprint density at radius 2 is 1.74 bits per heavy atom. The molecule has 6 heteroatoms. The SMILES string of the molecule is CC(C)(C)OC(=O)n1c(Br)ccc1C(=O)OCc1ccccc1. The molecule has 2 rings (SSSR count). The molecule has 0 fully saturated rings. The van der Waals surface area contributed by atoms with E-state index in [2.05, 4.69) is 15.9 Å². The molecule has 0 aliphatic rings. The smallest absolute Gasteiger partial charge is 0.420 e. The predicted octanol–water partition coefficient (Wildman–Crippen LogP) is 4.39. The molecule has 0 atom stereocenters. The van der Waals surface area contributed by atoms with Gasteiger partial charge in [0.1, 0.15) is 17.9 Å². The first kappa shape index (κ1) is 17.3. The number of ether oxygens (including phenoxy) is 2. The number of hydrogen-bond donors (Lipinski definition) is 0. The van der Waals surface area contributed by atoms with Gasteiger partial charge in [-0.2, -0.15) is 0 Å². The van der Waals surface area contributed by atoms with E-state index in [-0.39, 0.29) is 12.3 Å². The molecule has 122 valence electrons. The third-order valence-electron chi connectivity index (χ3n) is 2.83. The number of esters is 1. The van der Waals surface area contributed by atoms with Crippen LogP contribution in [0, 0.1) is 0 Å². The Kier molecular flexibility index (Phi) is 5.26. The molecule has 0 saturated heterocycles. The van der Waals surface area contributed by atoms with Crippen molar-refractivity contribution < 1.29 is 19.1 Å². The number of halogens is 1. The van der Waals surface area contributed by atoms with E-state index < -0.39 is 17.7 Å². The van der Waals surface area contributed by atoms with Crippen LogP contribution in [0.2, 0.25) is 0 Å². The van der Waals surface area contributed by atoms with E-state index in [9.17, 15) is 9.59 Å². The molecule has 0 spiro atoms. The maximum Gasteiger partial charge on any atom is 0.420 e. The van der Waals surface area contributed by atoms with Crippen LogP contribution in [0.3, 0.4) is 0 Å². The lowest BCUT2D eigenvalue weighted by Gasteiger charge is -2.20. The van der Waals surface area contributed by atoms with E-state index >= 15 is 0 Å². The van der Waals surface area contributed by atoms with Crippen LogP contribution in [-0.2, 0) is 16.1 Å². The van der Waals surface area contributed by atoms with Gasteiger partial charge < -0.3 is 9.47 Å². The van der Waals surface area contributed by atoms with Crippen molar-refractivity contribution in [2.24, 2.45) is 0 Å². The lowest BCUT2D eigenvalue weighted by atomic mass is 10.2. The van der Waals surface area contributed by atoms with Crippen LogP contribution in [0.5, 0.6) is 0 Å². The van der Waals surface area contributed by atoms with E-state index in [1.807, 2.05) is 30.3 Å². The van der Waals surface area contributed by atoms with Crippen molar-refractivity contribution in [3.05, 3.63) is 58.3 Å². The van der Waals surface area contributed by atoms with Crippen LogP contribution in [0.1, 0.15) is 36.8 Å². The second-order valence-corrected chi connectivity index (χ2v) is 6.73. The number of aromatic nitrogens is 1. The van der Waals surface area contributed by atoms with Crippen LogP contribution >= 0.6 is 15.9 Å². The van der Waals surface area contributed by atoms with E-state index in [0.717, 1.165) is 10.1 Å². The Bertz CT molecular complexity index is 701. The largest absolute Gasteiger partial charge is 0.456 e. The second-order valence-electron chi connectivity index (χ2n) is 5.92. The van der Waals surface area contributed by atoms with Gasteiger partial charge in [-0.1, -0.05) is 30.3 Å². The van der Waals surface area contributed by atoms with Gasteiger partial charge in [0.2, 0.25) is 0 Å². The highest BCUT2D eigenvalue weighted by Gasteiger charge is 2.25. The summed E-state index contributed by atoms with van der Waals surface area (Å²) in [5.41, 5.74) is 0.323. The van der Waals surface area contributed by atoms with Gasteiger partial charge in [-0.05, 0) is 54.4 Å². The Morgan fingerprint density at radius 3 is 2.35 bits per heavy atom. The van der Waals surface area contributed by atoms with Crippen molar-refractivity contribution in [2.75, 3.05) is 0 Å². The molecule has 2 aromatic rings. The first-order valence-corrected chi connectivity index (χ1v) is 7.89. The molecule has 0 aliphatic heterocycles. The summed E-state index contributed by atoms with van der Waals surface area (Å²) < 4.78 is 12.1. The lowest BCUT2D eigenvalue weighted by molar-refractivity contribution is 0.0413. The summed E-state index contributed by atoms with van der Waals surface area (Å²) in [5.74, 6) is -0.592. The summed E-state index contributed by atoms with van der Waals surface area (Å²) in [4.78, 5) is 24.5. The average molecular weight is 380 g/mol. The van der Waals surface area contributed by atoms with E-state index in [4.69, 9.17) is 9.47 Å². The molecule has 0 N–H and O–H groups in total. The topological polar surface area (TPSA) is 57.5 Å². The molecular formula is C17H18BrNO4. The highest BCUT2D eigenvalue weighted by atomic mass is 79.9. The Hall–Kier alpha value is -2.08. The fourth-order valence-electron chi connectivity index (χ4n) is 1.86. The molecule has 0 unspecified atom stereocenters. The molecular weight excluding hydrogens is 362 g/mol. The number of rotatable bonds is 3. The number of nitrogens with zero attached hydrogens (tertiary/aromatic N) is 1. The summed E-state index contributed by atoms with van der Waals surface area (Å²) in [6, 6.07) is 12.4. The number of benzene rings is 1. The predicted molar refractivity (Wildman–Crippen MR) is 89.3 cm³/mol. The fourth-order valence-corrected chi connectivity index (χ4v) is 2.33. The van der Waals surface area contributed by atoms with Crippen molar-refractivity contribution in [1.29, 1.82) is 0 Å². The number of carbonyl (C=O) groups excluding carboxylic acids is 2. The van der Waals surface area contributed by atoms with Gasteiger partial charge in [-0.25, -0.2) is 14.2 Å². The maximum absolute atomic E-state index is 12.3. The van der Waals surface area contributed by atoms with Gasteiger partial charge in [0.15, 0.2) is 0 Å². The molecule has 1 heterocycles. The van der Waals surface area contributed by atoms with E-state index in [1.54, 1.807) is 26.8 Å². The highest BCUT2D eigenvalue weighted by Crippen LogP contribution is 2.20. The standard InChI is InChI=1S/C17H18BrNO4/c1-17(2,3)23-16(21)19-13(9-10-14(19)18)15(20)22-11-12-7-5-4-6-8-12/h4-10H,11H2,1-3H3. The summed E-state index contributed by atoms with van der Waals surface area (Å²) in [5, 5.41) is 0. The lowest BCUT2D eigenvalue weighted by Crippen LogP contribution is -2.29. The van der Waals surface area contributed by atoms with Crippen molar-refractivity contribution >= 4 is 28.0 Å². The van der Waals surface area contributed by atoms with Gasteiger partial charge >= 0.3 is 12.1 Å². The molecule has 1 aromatic carbocycles. The van der Waals surface area contributed by atoms with Gasteiger partial charge in [0.25, 0.3) is 0 Å². The van der Waals surface area contributed by atoms with Crippen molar-refractivity contribution in [3.63, 3.8) is 0 Å². The summed E-state index contributed by atoms with van der Waals surface area (Å²) in [7, 11) is 0. The summed E-state index contributed by atoms with van der Waals surface area (Å²) >= 11 is 3.24. The highest BCUT2D eigenvalue weighted by molar-refractivity contribution is 9.10. The fraction of sp³-hybridized carbons (Fsp3) is 0.294. The van der Waals surface area contributed by atoms with Crippen LogP contribution < -0.4 is 0 Å². The van der Waals surface area contributed by atoms with Crippen molar-refractivity contribution in [2.45, 2.75) is 33.0 Å². The molecule has 0 amide bonds. The third-order valence-corrected chi connectivity index (χ3v) is 3.45. The van der Waals surface area contributed by atoms with Crippen LogP contribution in [0.4, 0.5) is 4.79 Å². The zero-order chi connectivity index (χ0) is 17.0. The Balaban J connectivity index is 2.13. The minimum atomic E-state index is -0.661. The van der Waals surface area contributed by atoms with E-state index in [0.29, 0.717) is 4.60 Å². The molecule has 0 radical (unpaired) electrons. The van der Waals surface area contributed by atoms with Crippen molar-refractivity contribution in [3.8, 4) is 0 Å². The zero-order valence-corrected chi connectivity index (χ0v) is 14.8. The molecule has 1 aromatic heterocycles. The molecule has 23 heavy (non-hydrogen) atoms. The van der Waals surface area contributed by atoms with Gasteiger partial charge in [0, 0.05) is 0 Å². The second kappa shape index (κ2) is 7.00. The number of hydrogen-bond acceptors (Lipinski definition) is 4. The average Bonchev–Trinajstić information content (AvgIpc) is 2.86. The maximum atomic E-state index is 12.3. The summed E-state index contributed by atoms with van der Waals surface area (Å²) in [6.07, 6.45) is -0.638. The Labute approximate surface area is 143 Å². The molecule has 0 aliphatic carbocycles. The van der Waals surface area contributed by atoms with Crippen molar-refractivity contribution in [1.82, 2.24) is 4.57 Å². The third kappa shape index (κ3) is 4.69. The van der Waals surface area contributed by atoms with Gasteiger partial charge in [-0.3, -0.25) is 0 Å². The normalized spacial score (nSPS) is 11.1. The van der Waals surface area contributed by atoms with Crippen LogP contribution in [0.25, 0.3) is 0 Å². The van der Waals surface area contributed by atoms with Crippen LogP contribution in [0.15, 0.2) is 47.1 Å². The monoisotopic (exact) mass is 379 g/mol. The molecule has 5 nitrogen and oxygen atoms in total. The Morgan fingerprint density at radius 1 is 1.09 bits per heavy atom. The minimum Gasteiger partial charge on any atom is -0.456 e.